The minimum absolute atomic E-state index is 0.105. The molecule has 1 N–H and O–H groups in total. The quantitative estimate of drug-likeness (QED) is 0.924. The Bertz CT molecular complexity index is 626. The predicted molar refractivity (Wildman–Crippen MR) is 76.5 cm³/mol. The summed E-state index contributed by atoms with van der Waals surface area (Å²) in [7, 11) is 1.84. The van der Waals surface area contributed by atoms with Gasteiger partial charge >= 0.3 is 0 Å². The summed E-state index contributed by atoms with van der Waals surface area (Å²) < 4.78 is 3.57. The lowest BCUT2D eigenvalue weighted by Crippen LogP contribution is -2.28. The molecular formula is C14H21N5O. The number of carbonyl (C=O) groups is 1. The summed E-state index contributed by atoms with van der Waals surface area (Å²) in [6.45, 7) is 8.52. The maximum Gasteiger partial charge on any atom is 0.255 e. The number of amides is 1. The Labute approximate surface area is 118 Å². The molecule has 2 aromatic rings. The Morgan fingerprint density at radius 1 is 1.40 bits per heavy atom. The third-order valence-electron chi connectivity index (χ3n) is 3.51. The average molecular weight is 275 g/mol. The third kappa shape index (κ3) is 2.59. The highest BCUT2D eigenvalue weighted by molar-refractivity contribution is 5.96. The molecule has 0 aliphatic carbocycles. The van der Waals surface area contributed by atoms with Crippen molar-refractivity contribution in [2.24, 2.45) is 7.05 Å². The Balaban J connectivity index is 2.15. The van der Waals surface area contributed by atoms with Crippen LogP contribution >= 0.6 is 0 Å². The number of aryl methyl sites for hydroxylation is 3. The van der Waals surface area contributed by atoms with Crippen LogP contribution in [-0.2, 0) is 13.6 Å². The van der Waals surface area contributed by atoms with Crippen LogP contribution < -0.4 is 5.32 Å². The summed E-state index contributed by atoms with van der Waals surface area (Å²) in [6, 6.07) is 1.80. The number of aromatic nitrogens is 4. The summed E-state index contributed by atoms with van der Waals surface area (Å²) in [5.74, 6) is -0.105. The van der Waals surface area contributed by atoms with E-state index in [-0.39, 0.29) is 11.9 Å². The number of nitrogens with one attached hydrogen (secondary N) is 1. The molecule has 0 radical (unpaired) electrons. The second-order valence-corrected chi connectivity index (χ2v) is 4.96. The Hall–Kier alpha value is -2.11. The van der Waals surface area contributed by atoms with Crippen LogP contribution in [0.5, 0.6) is 0 Å². The first kappa shape index (κ1) is 14.3. The molecule has 0 spiro atoms. The van der Waals surface area contributed by atoms with E-state index in [1.165, 1.54) is 0 Å². The summed E-state index contributed by atoms with van der Waals surface area (Å²) in [5, 5.41) is 11.6. The molecule has 0 aliphatic rings. The van der Waals surface area contributed by atoms with Crippen LogP contribution in [0.1, 0.15) is 47.3 Å². The van der Waals surface area contributed by atoms with Crippen molar-refractivity contribution in [2.45, 2.75) is 40.3 Å². The van der Waals surface area contributed by atoms with Crippen molar-refractivity contribution in [1.29, 1.82) is 0 Å². The normalized spacial score (nSPS) is 12.4. The number of hydrogen-bond acceptors (Lipinski definition) is 3. The molecule has 0 aromatic carbocycles. The smallest absolute Gasteiger partial charge is 0.255 e. The van der Waals surface area contributed by atoms with E-state index < -0.39 is 0 Å². The van der Waals surface area contributed by atoms with Crippen molar-refractivity contribution >= 4 is 5.91 Å². The second kappa shape index (κ2) is 5.48. The SMILES string of the molecule is CCn1ccc(C(C)NC(=O)c2c(C)nn(C)c2C)n1. The fourth-order valence-electron chi connectivity index (χ4n) is 2.23. The highest BCUT2D eigenvalue weighted by Crippen LogP contribution is 2.15. The standard InChI is InChI=1S/C14H21N5O/c1-6-19-8-7-12(17-19)9(2)15-14(20)13-10(3)16-18(5)11(13)4/h7-9H,6H2,1-5H3,(H,15,20). The summed E-state index contributed by atoms with van der Waals surface area (Å²) >= 11 is 0. The molecule has 0 saturated heterocycles. The van der Waals surface area contributed by atoms with E-state index in [2.05, 4.69) is 15.5 Å². The lowest BCUT2D eigenvalue weighted by atomic mass is 10.1. The largest absolute Gasteiger partial charge is 0.344 e. The van der Waals surface area contributed by atoms with Gasteiger partial charge in [-0.25, -0.2) is 0 Å². The maximum atomic E-state index is 12.4. The zero-order valence-corrected chi connectivity index (χ0v) is 12.6. The minimum atomic E-state index is -0.130. The number of rotatable bonds is 4. The van der Waals surface area contributed by atoms with Crippen LogP contribution in [0, 0.1) is 13.8 Å². The van der Waals surface area contributed by atoms with Crippen molar-refractivity contribution in [2.75, 3.05) is 0 Å². The Morgan fingerprint density at radius 2 is 2.10 bits per heavy atom. The van der Waals surface area contributed by atoms with Crippen LogP contribution in [0.3, 0.4) is 0 Å². The highest BCUT2D eigenvalue weighted by Gasteiger charge is 2.20. The van der Waals surface area contributed by atoms with Crippen LogP contribution in [0.15, 0.2) is 12.3 Å². The maximum absolute atomic E-state index is 12.4. The molecule has 1 amide bonds. The first-order chi connectivity index (χ1) is 9.43. The molecule has 2 heterocycles. The van der Waals surface area contributed by atoms with Gasteiger partial charge in [0.05, 0.1) is 23.0 Å². The van der Waals surface area contributed by atoms with Gasteiger partial charge in [-0.05, 0) is 33.8 Å². The summed E-state index contributed by atoms with van der Waals surface area (Å²) in [4.78, 5) is 12.4. The predicted octanol–water partition coefficient (Wildman–Crippen LogP) is 1.74. The fraction of sp³-hybridized carbons (Fsp3) is 0.500. The van der Waals surface area contributed by atoms with Crippen LogP contribution in [0.25, 0.3) is 0 Å². The van der Waals surface area contributed by atoms with Gasteiger partial charge in [-0.3, -0.25) is 14.2 Å². The third-order valence-corrected chi connectivity index (χ3v) is 3.51. The second-order valence-electron chi connectivity index (χ2n) is 4.96. The van der Waals surface area contributed by atoms with E-state index in [1.807, 2.05) is 51.7 Å². The molecule has 1 unspecified atom stereocenters. The monoisotopic (exact) mass is 275 g/mol. The van der Waals surface area contributed by atoms with Crippen LogP contribution in [-0.4, -0.2) is 25.5 Å². The van der Waals surface area contributed by atoms with E-state index in [9.17, 15) is 4.79 Å². The van der Waals surface area contributed by atoms with Gasteiger partial charge in [-0.2, -0.15) is 10.2 Å². The van der Waals surface area contributed by atoms with E-state index >= 15 is 0 Å². The zero-order chi connectivity index (χ0) is 14.9. The lowest BCUT2D eigenvalue weighted by Gasteiger charge is -2.12. The number of nitrogens with zero attached hydrogens (tertiary/aromatic N) is 4. The fourth-order valence-corrected chi connectivity index (χ4v) is 2.23. The first-order valence-corrected chi connectivity index (χ1v) is 6.78. The molecule has 0 fully saturated rings. The Morgan fingerprint density at radius 3 is 2.60 bits per heavy atom. The molecule has 6 heteroatoms. The van der Waals surface area contributed by atoms with Crippen molar-refractivity contribution in [1.82, 2.24) is 24.9 Å². The number of carbonyl (C=O) groups excluding carboxylic acids is 1. The minimum Gasteiger partial charge on any atom is -0.344 e. The molecule has 108 valence electrons. The van der Waals surface area contributed by atoms with Crippen LogP contribution in [0.2, 0.25) is 0 Å². The van der Waals surface area contributed by atoms with Gasteiger partial charge in [0.15, 0.2) is 0 Å². The van der Waals surface area contributed by atoms with Gasteiger partial charge in [0.25, 0.3) is 5.91 Å². The zero-order valence-electron chi connectivity index (χ0n) is 12.6. The van der Waals surface area contributed by atoms with Gasteiger partial charge in [0, 0.05) is 25.5 Å². The van der Waals surface area contributed by atoms with E-state index in [4.69, 9.17) is 0 Å². The van der Waals surface area contributed by atoms with Crippen molar-refractivity contribution in [3.05, 3.63) is 34.9 Å². The van der Waals surface area contributed by atoms with Gasteiger partial charge in [0.1, 0.15) is 0 Å². The number of hydrogen-bond donors (Lipinski definition) is 1. The topological polar surface area (TPSA) is 64.7 Å². The lowest BCUT2D eigenvalue weighted by molar-refractivity contribution is 0.0937. The molecular weight excluding hydrogens is 254 g/mol. The molecule has 2 rings (SSSR count). The van der Waals surface area contributed by atoms with Crippen molar-refractivity contribution in [3.8, 4) is 0 Å². The van der Waals surface area contributed by atoms with E-state index in [0.29, 0.717) is 5.56 Å². The molecule has 0 bridgehead atoms. The summed E-state index contributed by atoms with van der Waals surface area (Å²) in [5.41, 5.74) is 3.12. The van der Waals surface area contributed by atoms with Gasteiger partial charge in [-0.15, -0.1) is 0 Å². The van der Waals surface area contributed by atoms with Crippen molar-refractivity contribution in [3.63, 3.8) is 0 Å². The van der Waals surface area contributed by atoms with Gasteiger partial charge in [0.2, 0.25) is 0 Å². The summed E-state index contributed by atoms with van der Waals surface area (Å²) in [6.07, 6.45) is 1.92. The van der Waals surface area contributed by atoms with Gasteiger partial charge in [-0.1, -0.05) is 0 Å². The van der Waals surface area contributed by atoms with E-state index in [1.54, 1.807) is 4.68 Å². The van der Waals surface area contributed by atoms with E-state index in [0.717, 1.165) is 23.6 Å². The highest BCUT2D eigenvalue weighted by atomic mass is 16.1. The Kier molecular flexibility index (Phi) is 3.92. The van der Waals surface area contributed by atoms with Crippen LogP contribution in [0.4, 0.5) is 0 Å². The molecule has 2 aromatic heterocycles. The molecule has 6 nitrogen and oxygen atoms in total. The average Bonchev–Trinajstić information content (AvgIpc) is 2.95. The molecule has 1 atom stereocenters. The molecule has 20 heavy (non-hydrogen) atoms. The molecule has 0 aliphatic heterocycles. The molecule has 0 saturated carbocycles. The van der Waals surface area contributed by atoms with Gasteiger partial charge < -0.3 is 5.32 Å². The van der Waals surface area contributed by atoms with Crippen molar-refractivity contribution < 1.29 is 4.79 Å². The first-order valence-electron chi connectivity index (χ1n) is 6.78.